The maximum absolute atomic E-state index is 10.2. The molecule has 0 spiro atoms. The molecular formula is C13H25NO2. The van der Waals surface area contributed by atoms with E-state index in [1.807, 2.05) is 0 Å². The Morgan fingerprint density at radius 3 is 2.50 bits per heavy atom. The fourth-order valence-corrected chi connectivity index (χ4v) is 1.48. The third kappa shape index (κ3) is 11.2. The van der Waals surface area contributed by atoms with E-state index in [4.69, 9.17) is 10.8 Å². The summed E-state index contributed by atoms with van der Waals surface area (Å²) in [5, 5.41) is 8.44. The minimum Gasteiger partial charge on any atom is -0.481 e. The Bertz CT molecular complexity index is 202. The Morgan fingerprint density at radius 2 is 1.88 bits per heavy atom. The van der Waals surface area contributed by atoms with E-state index in [0.29, 0.717) is 18.9 Å². The summed E-state index contributed by atoms with van der Waals surface area (Å²) >= 11 is 0. The number of carboxylic acid groups (broad SMARTS) is 1. The average Bonchev–Trinajstić information content (AvgIpc) is 2.26. The lowest BCUT2D eigenvalue weighted by Gasteiger charge is -2.00. The maximum Gasteiger partial charge on any atom is 0.303 e. The van der Waals surface area contributed by atoms with Gasteiger partial charge in [-0.3, -0.25) is 4.79 Å². The third-order valence-corrected chi connectivity index (χ3v) is 2.60. The minimum absolute atomic E-state index is 0.313. The fraction of sp³-hybridized carbons (Fsp3) is 0.769. The third-order valence-electron chi connectivity index (χ3n) is 2.60. The zero-order valence-corrected chi connectivity index (χ0v) is 10.3. The number of hydrogen-bond donors (Lipinski definition) is 2. The molecule has 0 bridgehead atoms. The summed E-state index contributed by atoms with van der Waals surface area (Å²) in [6.07, 6.45) is 11.2. The summed E-state index contributed by atoms with van der Waals surface area (Å²) in [6.45, 7) is 2.83. The van der Waals surface area contributed by atoms with Crippen molar-refractivity contribution in [1.82, 2.24) is 0 Å². The normalized spacial score (nSPS) is 13.1. The van der Waals surface area contributed by atoms with Crippen LogP contribution < -0.4 is 5.73 Å². The van der Waals surface area contributed by atoms with Gasteiger partial charge in [0.25, 0.3) is 0 Å². The van der Waals surface area contributed by atoms with Crippen LogP contribution in [0.25, 0.3) is 0 Å². The van der Waals surface area contributed by atoms with Gasteiger partial charge in [-0.25, -0.2) is 0 Å². The zero-order valence-electron chi connectivity index (χ0n) is 10.3. The van der Waals surface area contributed by atoms with Gasteiger partial charge in [0.2, 0.25) is 0 Å². The molecule has 0 saturated carbocycles. The first-order valence-electron chi connectivity index (χ1n) is 6.25. The monoisotopic (exact) mass is 227 g/mol. The number of carboxylic acids is 1. The molecule has 0 saturated heterocycles. The van der Waals surface area contributed by atoms with E-state index in [1.54, 1.807) is 0 Å². The Labute approximate surface area is 98.7 Å². The number of hydrogen-bond acceptors (Lipinski definition) is 2. The van der Waals surface area contributed by atoms with Gasteiger partial charge >= 0.3 is 5.97 Å². The van der Waals surface area contributed by atoms with Gasteiger partial charge in [-0.15, -0.1) is 0 Å². The molecule has 0 aliphatic carbocycles. The van der Waals surface area contributed by atoms with Crippen LogP contribution in [0.5, 0.6) is 0 Å². The number of unbranched alkanes of at least 4 members (excludes halogenated alkanes) is 5. The van der Waals surface area contributed by atoms with Gasteiger partial charge in [-0.1, -0.05) is 38.3 Å². The van der Waals surface area contributed by atoms with E-state index in [9.17, 15) is 4.79 Å². The first-order chi connectivity index (χ1) is 7.66. The highest BCUT2D eigenvalue weighted by molar-refractivity contribution is 5.66. The fourth-order valence-electron chi connectivity index (χ4n) is 1.48. The summed E-state index contributed by atoms with van der Waals surface area (Å²) in [4.78, 5) is 10.2. The molecule has 0 radical (unpaired) electrons. The van der Waals surface area contributed by atoms with Crippen LogP contribution in [0.3, 0.4) is 0 Å². The number of nitrogens with two attached hydrogens (primary N) is 1. The summed E-state index contributed by atoms with van der Waals surface area (Å²) in [6, 6.07) is 0. The lowest BCUT2D eigenvalue weighted by atomic mass is 10.1. The molecule has 16 heavy (non-hydrogen) atoms. The Hall–Kier alpha value is -0.830. The number of rotatable bonds is 10. The second kappa shape index (κ2) is 10.7. The van der Waals surface area contributed by atoms with Gasteiger partial charge in [0.15, 0.2) is 0 Å². The molecular weight excluding hydrogens is 202 g/mol. The highest BCUT2D eigenvalue weighted by atomic mass is 16.4. The summed E-state index contributed by atoms with van der Waals surface area (Å²) < 4.78 is 0. The van der Waals surface area contributed by atoms with Gasteiger partial charge in [-0.2, -0.15) is 0 Å². The van der Waals surface area contributed by atoms with Crippen molar-refractivity contribution >= 4 is 5.97 Å². The quantitative estimate of drug-likeness (QED) is 0.445. The molecule has 0 aliphatic heterocycles. The van der Waals surface area contributed by atoms with E-state index in [1.165, 1.54) is 12.8 Å². The Kier molecular flexibility index (Phi) is 10.1. The van der Waals surface area contributed by atoms with Crippen LogP contribution in [0.15, 0.2) is 12.2 Å². The highest BCUT2D eigenvalue weighted by Gasteiger charge is 1.96. The molecule has 1 unspecified atom stereocenters. The highest BCUT2D eigenvalue weighted by Crippen LogP contribution is 2.08. The molecule has 0 amide bonds. The zero-order chi connectivity index (χ0) is 12.2. The predicted octanol–water partition coefficient (Wildman–Crippen LogP) is 2.95. The minimum atomic E-state index is -0.682. The van der Waals surface area contributed by atoms with Crippen LogP contribution in [-0.4, -0.2) is 17.6 Å². The Morgan fingerprint density at radius 1 is 1.25 bits per heavy atom. The van der Waals surface area contributed by atoms with Crippen molar-refractivity contribution in [3.63, 3.8) is 0 Å². The van der Waals surface area contributed by atoms with Gasteiger partial charge < -0.3 is 10.8 Å². The predicted molar refractivity (Wildman–Crippen MR) is 67.3 cm³/mol. The molecule has 0 aromatic carbocycles. The van der Waals surface area contributed by atoms with Crippen molar-refractivity contribution in [2.45, 2.75) is 51.9 Å². The SMILES string of the molecule is CC(/C=C/CCCCCCCC(=O)O)CN. The summed E-state index contributed by atoms with van der Waals surface area (Å²) in [7, 11) is 0. The van der Waals surface area contributed by atoms with Crippen LogP contribution in [0.2, 0.25) is 0 Å². The van der Waals surface area contributed by atoms with Crippen molar-refractivity contribution in [1.29, 1.82) is 0 Å². The van der Waals surface area contributed by atoms with E-state index >= 15 is 0 Å². The topological polar surface area (TPSA) is 63.3 Å². The standard InChI is InChI=1S/C13H25NO2/c1-12(11-14)9-7-5-3-2-4-6-8-10-13(15)16/h7,9,12H,2-6,8,10-11,14H2,1H3,(H,15,16)/b9-7+. The molecule has 0 aromatic heterocycles. The van der Waals surface area contributed by atoms with Crippen LogP contribution in [0, 0.1) is 5.92 Å². The van der Waals surface area contributed by atoms with Gasteiger partial charge in [0.05, 0.1) is 0 Å². The van der Waals surface area contributed by atoms with Crippen LogP contribution >= 0.6 is 0 Å². The van der Waals surface area contributed by atoms with E-state index in [-0.39, 0.29) is 0 Å². The van der Waals surface area contributed by atoms with Crippen molar-refractivity contribution in [2.75, 3.05) is 6.54 Å². The maximum atomic E-state index is 10.2. The lowest BCUT2D eigenvalue weighted by Crippen LogP contribution is -2.07. The largest absolute Gasteiger partial charge is 0.481 e. The molecule has 0 rings (SSSR count). The summed E-state index contributed by atoms with van der Waals surface area (Å²) in [5.74, 6) is -0.200. The summed E-state index contributed by atoms with van der Waals surface area (Å²) in [5.41, 5.74) is 5.49. The van der Waals surface area contributed by atoms with Crippen molar-refractivity contribution in [3.05, 3.63) is 12.2 Å². The second-order valence-corrected chi connectivity index (χ2v) is 4.34. The number of aliphatic carboxylic acids is 1. The Balaban J connectivity index is 3.15. The molecule has 94 valence electrons. The van der Waals surface area contributed by atoms with Crippen molar-refractivity contribution in [3.8, 4) is 0 Å². The van der Waals surface area contributed by atoms with Gasteiger partial charge in [-0.05, 0) is 31.7 Å². The van der Waals surface area contributed by atoms with E-state index < -0.39 is 5.97 Å². The molecule has 1 atom stereocenters. The molecule has 0 heterocycles. The molecule has 0 fully saturated rings. The lowest BCUT2D eigenvalue weighted by molar-refractivity contribution is -0.137. The van der Waals surface area contributed by atoms with Crippen LogP contribution in [-0.2, 0) is 4.79 Å². The molecule has 0 aromatic rings. The van der Waals surface area contributed by atoms with Crippen LogP contribution in [0.1, 0.15) is 51.9 Å². The van der Waals surface area contributed by atoms with Crippen molar-refractivity contribution < 1.29 is 9.90 Å². The van der Waals surface area contributed by atoms with Gasteiger partial charge in [0.1, 0.15) is 0 Å². The molecule has 0 aliphatic rings. The number of carbonyl (C=O) groups is 1. The average molecular weight is 227 g/mol. The van der Waals surface area contributed by atoms with Crippen LogP contribution in [0.4, 0.5) is 0 Å². The van der Waals surface area contributed by atoms with E-state index in [0.717, 1.165) is 25.7 Å². The second-order valence-electron chi connectivity index (χ2n) is 4.34. The van der Waals surface area contributed by atoms with Gasteiger partial charge in [0, 0.05) is 6.42 Å². The molecule has 3 N–H and O–H groups in total. The smallest absolute Gasteiger partial charge is 0.303 e. The van der Waals surface area contributed by atoms with Crippen molar-refractivity contribution in [2.24, 2.45) is 11.7 Å². The van der Waals surface area contributed by atoms with E-state index in [2.05, 4.69) is 19.1 Å². The first-order valence-corrected chi connectivity index (χ1v) is 6.25. The molecule has 3 heteroatoms. The number of allylic oxidation sites excluding steroid dienone is 1. The molecule has 3 nitrogen and oxygen atoms in total. The first kappa shape index (κ1) is 15.2.